The van der Waals surface area contributed by atoms with E-state index < -0.39 is 12.7 Å². The molecule has 1 aromatic carbocycles. The number of hydrogen-bond donors (Lipinski definition) is 1. The molecule has 0 bridgehead atoms. The second-order valence-corrected chi connectivity index (χ2v) is 10.5. The summed E-state index contributed by atoms with van der Waals surface area (Å²) in [5.74, 6) is 0. The summed E-state index contributed by atoms with van der Waals surface area (Å²) in [6, 6.07) is 6.37. The highest BCUT2D eigenvalue weighted by molar-refractivity contribution is 6.62. The highest BCUT2D eigenvalue weighted by atomic mass is 16.7. The maximum Gasteiger partial charge on any atom is 0.494 e. The largest absolute Gasteiger partial charge is 0.494 e. The molecule has 168 valence electrons. The third kappa shape index (κ3) is 4.28. The Hall–Kier alpha value is -2.19. The minimum Gasteiger partial charge on any atom is -0.444 e. The van der Waals surface area contributed by atoms with E-state index in [1.807, 2.05) is 27.0 Å². The first-order valence-corrected chi connectivity index (χ1v) is 11.1. The van der Waals surface area contributed by atoms with Crippen molar-refractivity contribution in [3.63, 3.8) is 0 Å². The molecule has 1 amide bonds. The van der Waals surface area contributed by atoms with E-state index in [0.29, 0.717) is 13.1 Å². The second kappa shape index (κ2) is 7.45. The van der Waals surface area contributed by atoms with Gasteiger partial charge in [-0.1, -0.05) is 0 Å². The fraction of sp³-hybridized carbons (Fsp3) is 0.609. The van der Waals surface area contributed by atoms with Crippen LogP contribution in [0.15, 0.2) is 24.4 Å². The van der Waals surface area contributed by atoms with Gasteiger partial charge in [0.25, 0.3) is 0 Å². The van der Waals surface area contributed by atoms with Gasteiger partial charge in [0, 0.05) is 49.0 Å². The number of ether oxygens (including phenoxy) is 1. The zero-order valence-electron chi connectivity index (χ0n) is 19.7. The van der Waals surface area contributed by atoms with Crippen LogP contribution in [0.5, 0.6) is 0 Å². The van der Waals surface area contributed by atoms with Crippen molar-refractivity contribution in [2.45, 2.75) is 65.3 Å². The minimum atomic E-state index is -0.483. The van der Waals surface area contributed by atoms with Gasteiger partial charge >= 0.3 is 13.2 Å². The Morgan fingerprint density at radius 1 is 1.06 bits per heavy atom. The van der Waals surface area contributed by atoms with Crippen molar-refractivity contribution in [2.75, 3.05) is 31.1 Å². The number of carbonyl (C=O) groups excluding carboxylic acids is 1. The van der Waals surface area contributed by atoms with Gasteiger partial charge in [-0.15, -0.1) is 0 Å². The molecule has 1 N–H and O–H groups in total. The molecule has 0 aliphatic carbocycles. The number of rotatable bonds is 2. The SMILES string of the molecule is CC(C)(C)OC(=O)N1CCN(c2cc(B3OC(C)(C)C(C)(C)O3)cc3[nH]ccc23)CC1. The van der Waals surface area contributed by atoms with Gasteiger partial charge in [-0.3, -0.25) is 0 Å². The summed E-state index contributed by atoms with van der Waals surface area (Å²) in [6.07, 6.45) is 1.71. The molecule has 0 radical (unpaired) electrons. The van der Waals surface area contributed by atoms with Gasteiger partial charge in [0.15, 0.2) is 0 Å². The summed E-state index contributed by atoms with van der Waals surface area (Å²) < 4.78 is 18.1. The molecule has 2 aliphatic rings. The van der Waals surface area contributed by atoms with Crippen molar-refractivity contribution in [1.29, 1.82) is 0 Å². The second-order valence-electron chi connectivity index (χ2n) is 10.5. The van der Waals surface area contributed by atoms with Crippen LogP contribution in [0.1, 0.15) is 48.5 Å². The number of H-pyrrole nitrogens is 1. The van der Waals surface area contributed by atoms with E-state index in [4.69, 9.17) is 14.0 Å². The number of nitrogens with one attached hydrogen (secondary N) is 1. The predicted octanol–water partition coefficient (Wildman–Crippen LogP) is 3.52. The van der Waals surface area contributed by atoms with Crippen molar-refractivity contribution in [3.8, 4) is 0 Å². The summed E-state index contributed by atoms with van der Waals surface area (Å²) in [7, 11) is -0.417. The molecule has 2 aromatic rings. The lowest BCUT2D eigenvalue weighted by Gasteiger charge is -2.37. The number of anilines is 1. The van der Waals surface area contributed by atoms with Gasteiger partial charge in [0.1, 0.15) is 5.60 Å². The summed E-state index contributed by atoms with van der Waals surface area (Å²) in [4.78, 5) is 19.9. The topological polar surface area (TPSA) is 67.0 Å². The normalized spacial score (nSPS) is 21.1. The smallest absolute Gasteiger partial charge is 0.444 e. The van der Waals surface area contributed by atoms with Crippen LogP contribution < -0.4 is 10.4 Å². The lowest BCUT2D eigenvalue weighted by atomic mass is 9.78. The van der Waals surface area contributed by atoms with Crippen molar-refractivity contribution < 1.29 is 18.8 Å². The molecular weight excluding hydrogens is 393 g/mol. The van der Waals surface area contributed by atoms with Crippen LogP contribution in [-0.4, -0.2) is 66.1 Å². The Balaban J connectivity index is 1.55. The van der Waals surface area contributed by atoms with Crippen LogP contribution in [-0.2, 0) is 14.0 Å². The van der Waals surface area contributed by atoms with Gasteiger partial charge in [0.2, 0.25) is 0 Å². The van der Waals surface area contributed by atoms with Gasteiger partial charge in [-0.05, 0) is 72.1 Å². The number of fused-ring (bicyclic) bond motifs is 1. The molecule has 7 nitrogen and oxygen atoms in total. The Morgan fingerprint density at radius 3 is 2.26 bits per heavy atom. The molecule has 2 fully saturated rings. The highest BCUT2D eigenvalue weighted by Crippen LogP contribution is 2.37. The monoisotopic (exact) mass is 427 g/mol. The molecule has 4 rings (SSSR count). The van der Waals surface area contributed by atoms with E-state index in [1.165, 1.54) is 0 Å². The molecule has 0 saturated carbocycles. The molecule has 31 heavy (non-hydrogen) atoms. The van der Waals surface area contributed by atoms with Crippen molar-refractivity contribution >= 4 is 35.3 Å². The van der Waals surface area contributed by atoms with Crippen molar-refractivity contribution in [3.05, 3.63) is 24.4 Å². The molecule has 8 heteroatoms. The van der Waals surface area contributed by atoms with Gasteiger partial charge in [-0.25, -0.2) is 4.79 Å². The van der Waals surface area contributed by atoms with Gasteiger partial charge in [-0.2, -0.15) is 0 Å². The van der Waals surface area contributed by atoms with E-state index in [2.05, 4.69) is 55.8 Å². The number of carbonyl (C=O) groups is 1. The van der Waals surface area contributed by atoms with Crippen LogP contribution in [0.2, 0.25) is 0 Å². The predicted molar refractivity (Wildman–Crippen MR) is 124 cm³/mol. The molecule has 2 aliphatic heterocycles. The average Bonchev–Trinajstić information content (AvgIpc) is 3.21. The average molecular weight is 427 g/mol. The van der Waals surface area contributed by atoms with Gasteiger partial charge in [0.05, 0.1) is 11.2 Å². The third-order valence-electron chi connectivity index (χ3n) is 6.47. The lowest BCUT2D eigenvalue weighted by molar-refractivity contribution is 0.00578. The number of benzene rings is 1. The fourth-order valence-electron chi connectivity index (χ4n) is 4.00. The molecule has 2 saturated heterocycles. The lowest BCUT2D eigenvalue weighted by Crippen LogP contribution is -2.50. The number of aromatic amines is 1. The first-order chi connectivity index (χ1) is 14.4. The summed E-state index contributed by atoms with van der Waals surface area (Å²) >= 11 is 0. The number of nitrogens with zero attached hydrogens (tertiary/aromatic N) is 2. The standard InChI is InChI=1S/C23H34BN3O4/c1-21(2,3)29-20(28)27-12-10-26(11-13-27)19-15-16(14-18-17(19)8-9-25-18)24-30-22(4,5)23(6,7)31-24/h8-9,14-15,25H,10-13H2,1-7H3. The molecule has 0 spiro atoms. The zero-order chi connectivity index (χ0) is 22.6. The van der Waals surface area contributed by atoms with Crippen molar-refractivity contribution in [2.24, 2.45) is 0 Å². The molecular formula is C23H34BN3O4. The minimum absolute atomic E-state index is 0.245. The number of amides is 1. The van der Waals surface area contributed by atoms with Crippen LogP contribution in [0.3, 0.4) is 0 Å². The van der Waals surface area contributed by atoms with E-state index >= 15 is 0 Å². The van der Waals surface area contributed by atoms with Crippen LogP contribution in [0.4, 0.5) is 10.5 Å². The molecule has 0 unspecified atom stereocenters. The first-order valence-electron chi connectivity index (χ1n) is 11.1. The fourth-order valence-corrected chi connectivity index (χ4v) is 4.00. The molecule has 0 atom stereocenters. The van der Waals surface area contributed by atoms with Crippen LogP contribution >= 0.6 is 0 Å². The van der Waals surface area contributed by atoms with E-state index in [9.17, 15) is 4.79 Å². The quantitative estimate of drug-likeness (QED) is 0.743. The Kier molecular flexibility index (Phi) is 5.29. The highest BCUT2D eigenvalue weighted by Gasteiger charge is 2.51. The maximum atomic E-state index is 12.4. The number of hydrogen-bond acceptors (Lipinski definition) is 5. The number of aromatic nitrogens is 1. The molecule has 1 aromatic heterocycles. The van der Waals surface area contributed by atoms with Gasteiger partial charge < -0.3 is 28.8 Å². The Bertz CT molecular complexity index is 955. The maximum absolute atomic E-state index is 12.4. The Morgan fingerprint density at radius 2 is 1.68 bits per heavy atom. The van der Waals surface area contributed by atoms with E-state index in [0.717, 1.165) is 35.1 Å². The number of piperazine rings is 1. The third-order valence-corrected chi connectivity index (χ3v) is 6.47. The zero-order valence-corrected chi connectivity index (χ0v) is 19.7. The van der Waals surface area contributed by atoms with Crippen LogP contribution in [0, 0.1) is 0 Å². The van der Waals surface area contributed by atoms with Crippen molar-refractivity contribution in [1.82, 2.24) is 9.88 Å². The van der Waals surface area contributed by atoms with E-state index in [1.54, 1.807) is 4.90 Å². The summed E-state index contributed by atoms with van der Waals surface area (Å²) in [5, 5.41) is 1.16. The Labute approximate surface area is 185 Å². The first kappa shape index (κ1) is 22.0. The van der Waals surface area contributed by atoms with Crippen LogP contribution in [0.25, 0.3) is 10.9 Å². The summed E-state index contributed by atoms with van der Waals surface area (Å²) in [6.45, 7) is 16.7. The van der Waals surface area contributed by atoms with E-state index in [-0.39, 0.29) is 17.3 Å². The molecule has 3 heterocycles. The summed E-state index contributed by atoms with van der Waals surface area (Å²) in [5.41, 5.74) is 1.92.